The van der Waals surface area contributed by atoms with Crippen molar-refractivity contribution in [3.05, 3.63) is 67.6 Å². The summed E-state index contributed by atoms with van der Waals surface area (Å²) in [4.78, 5) is 24.2. The van der Waals surface area contributed by atoms with Gasteiger partial charge in [0.2, 0.25) is 0 Å². The molecule has 0 radical (unpaired) electrons. The second kappa shape index (κ2) is 8.12. The van der Waals surface area contributed by atoms with Gasteiger partial charge in [0, 0.05) is 18.2 Å². The fourth-order valence-corrected chi connectivity index (χ4v) is 4.47. The van der Waals surface area contributed by atoms with Crippen molar-refractivity contribution in [2.24, 2.45) is 0 Å². The molecule has 4 rings (SSSR count). The van der Waals surface area contributed by atoms with E-state index in [9.17, 15) is 20.0 Å². The Kier molecular flexibility index (Phi) is 5.53. The Labute approximate surface area is 177 Å². The molecule has 0 bridgehead atoms. The first-order chi connectivity index (χ1) is 14.4. The minimum atomic E-state index is -0.465. The zero-order valence-electron chi connectivity index (χ0n) is 16.5. The first-order valence-electron chi connectivity index (χ1n) is 9.78. The molecule has 1 aliphatic rings. The largest absolute Gasteiger partial charge is 0.495 e. The van der Waals surface area contributed by atoms with Crippen LogP contribution in [0.5, 0.6) is 5.75 Å². The molecule has 1 fully saturated rings. The van der Waals surface area contributed by atoms with Gasteiger partial charge in [0.15, 0.2) is 0 Å². The third-order valence-electron chi connectivity index (χ3n) is 5.75. The smallest absolute Gasteiger partial charge is 0.329 e. The van der Waals surface area contributed by atoms with E-state index in [2.05, 4.69) is 0 Å². The van der Waals surface area contributed by atoms with Crippen LogP contribution in [0.25, 0.3) is 11.0 Å². The molecule has 8 nitrogen and oxygen atoms in total. The third kappa shape index (κ3) is 3.68. The molecule has 1 aromatic heterocycles. The number of ether oxygens (including phenoxy) is 1. The van der Waals surface area contributed by atoms with Crippen molar-refractivity contribution in [3.8, 4) is 5.75 Å². The zero-order chi connectivity index (χ0) is 21.4. The van der Waals surface area contributed by atoms with E-state index in [0.717, 1.165) is 5.56 Å². The number of aromatic nitrogens is 2. The molecule has 1 N–H and O–H groups in total. The summed E-state index contributed by atoms with van der Waals surface area (Å²) >= 11 is 6.23. The molecular weight excluding hydrogens is 410 g/mol. The lowest BCUT2D eigenvalue weighted by molar-refractivity contribution is -0.384. The van der Waals surface area contributed by atoms with E-state index in [-0.39, 0.29) is 30.1 Å². The Morgan fingerprint density at radius 1 is 1.17 bits per heavy atom. The summed E-state index contributed by atoms with van der Waals surface area (Å²) in [6.07, 6.45) is 2.29. The third-order valence-corrected chi connectivity index (χ3v) is 6.04. The average Bonchev–Trinajstić information content (AvgIpc) is 3.00. The maximum atomic E-state index is 13.4. The minimum Gasteiger partial charge on any atom is -0.495 e. The monoisotopic (exact) mass is 431 g/mol. The molecule has 0 amide bonds. The zero-order valence-corrected chi connectivity index (χ0v) is 17.2. The molecule has 1 heterocycles. The number of imidazole rings is 1. The fraction of sp³-hybridized carbons (Fsp3) is 0.381. The van der Waals surface area contributed by atoms with Gasteiger partial charge in [-0.3, -0.25) is 19.2 Å². The predicted molar refractivity (Wildman–Crippen MR) is 113 cm³/mol. The Morgan fingerprint density at radius 3 is 2.53 bits per heavy atom. The van der Waals surface area contributed by atoms with Gasteiger partial charge in [-0.25, -0.2) is 4.79 Å². The first-order valence-corrected chi connectivity index (χ1v) is 10.2. The van der Waals surface area contributed by atoms with Crippen molar-refractivity contribution in [1.82, 2.24) is 9.13 Å². The standard InChI is InChI=1S/C21H22ClN3O5/c1-30-20-9-2-13(10-17(20)22)12-23-19-11-15(25(28)29)5-8-18(19)24(21(23)27)14-3-6-16(26)7-4-14/h2,5,8-11,14,16,26H,3-4,6-7,12H2,1H3/t14-,16-. The lowest BCUT2D eigenvalue weighted by Crippen LogP contribution is -2.31. The topological polar surface area (TPSA) is 99.5 Å². The number of aliphatic hydroxyl groups is 1. The summed E-state index contributed by atoms with van der Waals surface area (Å²) < 4.78 is 8.44. The Morgan fingerprint density at radius 2 is 1.90 bits per heavy atom. The van der Waals surface area contributed by atoms with Crippen molar-refractivity contribution in [1.29, 1.82) is 0 Å². The second-order valence-corrected chi connectivity index (χ2v) is 8.01. The molecule has 0 saturated heterocycles. The number of methoxy groups -OCH3 is 1. The quantitative estimate of drug-likeness (QED) is 0.488. The number of nitro groups is 1. The first kappa shape index (κ1) is 20.4. The molecule has 1 aliphatic carbocycles. The van der Waals surface area contributed by atoms with Crippen LogP contribution in [-0.2, 0) is 6.54 Å². The number of benzene rings is 2. The van der Waals surface area contributed by atoms with Gasteiger partial charge in [0.25, 0.3) is 5.69 Å². The molecule has 1 saturated carbocycles. The lowest BCUT2D eigenvalue weighted by atomic mass is 9.93. The summed E-state index contributed by atoms with van der Waals surface area (Å²) in [5, 5.41) is 21.6. The average molecular weight is 432 g/mol. The molecule has 0 atom stereocenters. The number of nitrogens with zero attached hydrogens (tertiary/aromatic N) is 3. The van der Waals surface area contributed by atoms with Crippen molar-refractivity contribution in [2.75, 3.05) is 7.11 Å². The SMILES string of the molecule is COc1ccc(Cn2c(=O)n([C@H]3CC[C@H](O)CC3)c3ccc([N+](=O)[O-])cc32)cc1Cl. The highest BCUT2D eigenvalue weighted by Crippen LogP contribution is 2.32. The van der Waals surface area contributed by atoms with Crippen LogP contribution in [0.1, 0.15) is 37.3 Å². The number of rotatable bonds is 5. The van der Waals surface area contributed by atoms with E-state index >= 15 is 0 Å². The van der Waals surface area contributed by atoms with Crippen LogP contribution in [0.2, 0.25) is 5.02 Å². The molecule has 3 aromatic rings. The van der Waals surface area contributed by atoms with Crippen LogP contribution >= 0.6 is 11.6 Å². The van der Waals surface area contributed by atoms with Crippen LogP contribution in [-0.4, -0.2) is 32.4 Å². The van der Waals surface area contributed by atoms with Gasteiger partial charge >= 0.3 is 5.69 Å². The van der Waals surface area contributed by atoms with Crippen LogP contribution in [0.4, 0.5) is 5.69 Å². The summed E-state index contributed by atoms with van der Waals surface area (Å²) in [7, 11) is 1.53. The molecule has 0 spiro atoms. The molecule has 0 aliphatic heterocycles. The Hall–Kier alpha value is -2.84. The summed E-state index contributed by atoms with van der Waals surface area (Å²) in [6, 6.07) is 9.72. The molecule has 158 valence electrons. The van der Waals surface area contributed by atoms with Gasteiger partial charge in [0.05, 0.1) is 40.7 Å². The van der Waals surface area contributed by atoms with Gasteiger partial charge in [-0.05, 0) is 49.4 Å². The Bertz CT molecular complexity index is 1160. The van der Waals surface area contributed by atoms with Crippen molar-refractivity contribution < 1.29 is 14.8 Å². The van der Waals surface area contributed by atoms with E-state index in [1.165, 1.54) is 19.2 Å². The maximum absolute atomic E-state index is 13.4. The minimum absolute atomic E-state index is 0.0504. The highest BCUT2D eigenvalue weighted by Gasteiger charge is 2.26. The highest BCUT2D eigenvalue weighted by atomic mass is 35.5. The lowest BCUT2D eigenvalue weighted by Gasteiger charge is -2.26. The van der Waals surface area contributed by atoms with Gasteiger partial charge in [-0.2, -0.15) is 0 Å². The molecule has 0 unspecified atom stereocenters. The molecule has 2 aromatic carbocycles. The van der Waals surface area contributed by atoms with Crippen LogP contribution < -0.4 is 10.4 Å². The van der Waals surface area contributed by atoms with E-state index in [0.29, 0.717) is 47.5 Å². The normalized spacial score (nSPS) is 19.2. The van der Waals surface area contributed by atoms with Crippen molar-refractivity contribution in [2.45, 2.75) is 44.4 Å². The van der Waals surface area contributed by atoms with E-state index < -0.39 is 4.92 Å². The number of nitro benzene ring substituents is 1. The number of fused-ring (bicyclic) bond motifs is 1. The number of non-ortho nitro benzene ring substituents is 1. The fourth-order valence-electron chi connectivity index (χ4n) is 4.19. The number of aliphatic hydroxyl groups excluding tert-OH is 1. The van der Waals surface area contributed by atoms with Crippen LogP contribution in [0, 0.1) is 10.1 Å². The van der Waals surface area contributed by atoms with E-state index in [1.807, 2.05) is 6.07 Å². The second-order valence-electron chi connectivity index (χ2n) is 7.60. The summed E-state index contributed by atoms with van der Waals surface area (Å²) in [6.45, 7) is 0.225. The van der Waals surface area contributed by atoms with E-state index in [4.69, 9.17) is 16.3 Å². The number of hydrogen-bond donors (Lipinski definition) is 1. The molecule has 30 heavy (non-hydrogen) atoms. The maximum Gasteiger partial charge on any atom is 0.329 e. The van der Waals surface area contributed by atoms with Gasteiger partial charge < -0.3 is 9.84 Å². The number of halogens is 1. The highest BCUT2D eigenvalue weighted by molar-refractivity contribution is 6.32. The van der Waals surface area contributed by atoms with Crippen LogP contribution in [0.3, 0.4) is 0 Å². The van der Waals surface area contributed by atoms with Gasteiger partial charge in [0.1, 0.15) is 5.75 Å². The molecular formula is C21H22ClN3O5. The summed E-state index contributed by atoms with van der Waals surface area (Å²) in [5.41, 5.74) is 1.66. The number of hydrogen-bond acceptors (Lipinski definition) is 5. The van der Waals surface area contributed by atoms with Gasteiger partial charge in [-0.1, -0.05) is 17.7 Å². The van der Waals surface area contributed by atoms with Crippen LogP contribution in [0.15, 0.2) is 41.2 Å². The predicted octanol–water partition coefficient (Wildman–Crippen LogP) is 3.90. The van der Waals surface area contributed by atoms with Gasteiger partial charge in [-0.15, -0.1) is 0 Å². The summed E-state index contributed by atoms with van der Waals surface area (Å²) in [5.74, 6) is 0.534. The molecule has 9 heteroatoms. The van der Waals surface area contributed by atoms with E-state index in [1.54, 1.807) is 27.3 Å². The van der Waals surface area contributed by atoms with Crippen molar-refractivity contribution >= 4 is 28.3 Å². The van der Waals surface area contributed by atoms with Crippen molar-refractivity contribution in [3.63, 3.8) is 0 Å². The Balaban J connectivity index is 1.84.